The second kappa shape index (κ2) is 27.2. The molecule has 70 heavy (non-hydrogen) atoms. The average molecular weight is 958 g/mol. The zero-order valence-corrected chi connectivity index (χ0v) is 41.9. The van der Waals surface area contributed by atoms with Crippen LogP contribution in [-0.2, 0) is 49.3 Å². The number of ketones is 2. The number of esters is 1. The third kappa shape index (κ3) is 16.1. The number of nitrogens with zero attached hydrogens (tertiary/aromatic N) is 2. The van der Waals surface area contributed by atoms with E-state index in [1.807, 2.05) is 44.2 Å². The summed E-state index contributed by atoms with van der Waals surface area (Å²) in [4.78, 5) is 82.1. The molecule has 374 valence electrons. The lowest BCUT2D eigenvalue weighted by atomic mass is 9.84. The molecule has 5 rings (SSSR count). The van der Waals surface area contributed by atoms with Gasteiger partial charge in [-0.25, -0.2) is 4.79 Å². The molecule has 0 spiro atoms. The maximum atomic E-state index is 14.0. The molecule has 2 atom stereocenters. The summed E-state index contributed by atoms with van der Waals surface area (Å²) in [6, 6.07) is 27.2. The Balaban J connectivity index is 1.02. The molecule has 4 aromatic carbocycles. The van der Waals surface area contributed by atoms with Gasteiger partial charge in [-0.2, -0.15) is 0 Å². The van der Waals surface area contributed by atoms with Crippen LogP contribution in [0.4, 0.5) is 17.1 Å². The summed E-state index contributed by atoms with van der Waals surface area (Å²) < 4.78 is 23.2. The van der Waals surface area contributed by atoms with Crippen molar-refractivity contribution in [1.82, 2.24) is 4.90 Å². The summed E-state index contributed by atoms with van der Waals surface area (Å²) in [6.07, 6.45) is 5.00. The van der Waals surface area contributed by atoms with Crippen LogP contribution < -0.4 is 10.2 Å². The van der Waals surface area contributed by atoms with Crippen molar-refractivity contribution in [3.63, 3.8) is 0 Å². The highest BCUT2D eigenvalue weighted by Gasteiger charge is 2.41. The van der Waals surface area contributed by atoms with Gasteiger partial charge in [0.15, 0.2) is 5.78 Å². The Labute approximate surface area is 413 Å². The van der Waals surface area contributed by atoms with Crippen LogP contribution in [0.25, 0.3) is 0 Å². The second-order valence-electron chi connectivity index (χ2n) is 18.5. The van der Waals surface area contributed by atoms with Crippen molar-refractivity contribution < 1.29 is 47.7 Å². The fourth-order valence-electron chi connectivity index (χ4n) is 7.98. The van der Waals surface area contributed by atoms with Gasteiger partial charge in [0, 0.05) is 47.6 Å². The third-order valence-electron chi connectivity index (χ3n) is 12.8. The normalized spacial score (nSPS) is 14.1. The summed E-state index contributed by atoms with van der Waals surface area (Å²) in [7, 11) is 0. The Morgan fingerprint density at radius 1 is 0.786 bits per heavy atom. The molecule has 0 unspecified atom stereocenters. The van der Waals surface area contributed by atoms with Gasteiger partial charge >= 0.3 is 5.97 Å². The minimum atomic E-state index is -0.865. The summed E-state index contributed by atoms with van der Waals surface area (Å²) in [6.45, 7) is 17.3. The number of carbonyl (C=O) groups is 6. The van der Waals surface area contributed by atoms with Crippen molar-refractivity contribution >= 4 is 52.3 Å². The first kappa shape index (κ1) is 54.7. The van der Waals surface area contributed by atoms with Crippen molar-refractivity contribution in [3.05, 3.63) is 137 Å². The minimum absolute atomic E-state index is 0.0148. The van der Waals surface area contributed by atoms with Gasteiger partial charge in [0.25, 0.3) is 11.8 Å². The van der Waals surface area contributed by atoms with Gasteiger partial charge < -0.3 is 29.2 Å². The van der Waals surface area contributed by atoms with Crippen molar-refractivity contribution in [2.45, 2.75) is 111 Å². The third-order valence-corrected chi connectivity index (χ3v) is 12.8. The molecule has 1 N–H and O–H groups in total. The molecule has 1 heterocycles. The highest BCUT2D eigenvalue weighted by atomic mass is 16.5. The van der Waals surface area contributed by atoms with Crippen LogP contribution in [0.3, 0.4) is 0 Å². The molecule has 1 saturated heterocycles. The maximum Gasteiger partial charge on any atom is 0.329 e. The first-order chi connectivity index (χ1) is 33.6. The summed E-state index contributed by atoms with van der Waals surface area (Å²) in [5, 5.41) is 2.93. The number of piperidine rings is 1. The van der Waals surface area contributed by atoms with Gasteiger partial charge in [0.1, 0.15) is 12.1 Å². The fraction of sp³-hybridized carbons (Fsp3) is 0.439. The van der Waals surface area contributed by atoms with Gasteiger partial charge in [-0.15, -0.1) is 0 Å². The molecular formula is C57H71N3O10. The Hall–Kier alpha value is -6.28. The topological polar surface area (TPSA) is 158 Å². The lowest BCUT2D eigenvalue weighted by Gasteiger charge is -2.36. The number of Topliss-reactive ketones (excluding diaryl/α,β-unsaturated/α-hetero) is 2. The summed E-state index contributed by atoms with van der Waals surface area (Å²) >= 11 is 0. The predicted octanol–water partition coefficient (Wildman–Crippen LogP) is 10.1. The van der Waals surface area contributed by atoms with E-state index < -0.39 is 35.2 Å². The highest BCUT2D eigenvalue weighted by molar-refractivity contribution is 6.38. The lowest BCUT2D eigenvalue weighted by Crippen LogP contribution is -2.53. The zero-order valence-electron chi connectivity index (χ0n) is 41.9. The first-order valence-corrected chi connectivity index (χ1v) is 24.5. The van der Waals surface area contributed by atoms with E-state index in [0.717, 1.165) is 17.5 Å². The number of hydrogen-bond donors (Lipinski definition) is 1. The average Bonchev–Trinajstić information content (AvgIpc) is 3.36. The second-order valence-corrected chi connectivity index (χ2v) is 18.5. The van der Waals surface area contributed by atoms with Crippen LogP contribution >= 0.6 is 0 Å². The molecule has 0 aliphatic carbocycles. The molecule has 3 amide bonds. The summed E-state index contributed by atoms with van der Waals surface area (Å²) in [5.74, 6) is -2.21. The van der Waals surface area contributed by atoms with E-state index in [4.69, 9.17) is 18.9 Å². The van der Waals surface area contributed by atoms with E-state index in [1.54, 1.807) is 61.2 Å². The molecule has 0 radical (unpaired) electrons. The van der Waals surface area contributed by atoms with E-state index in [2.05, 4.69) is 43.9 Å². The predicted molar refractivity (Wildman–Crippen MR) is 272 cm³/mol. The number of anilines is 3. The molecule has 13 heteroatoms. The van der Waals surface area contributed by atoms with Gasteiger partial charge in [0.2, 0.25) is 11.7 Å². The molecular weight excluding hydrogens is 887 g/mol. The van der Waals surface area contributed by atoms with Crippen LogP contribution in [0.1, 0.15) is 116 Å². The van der Waals surface area contributed by atoms with Gasteiger partial charge in [0.05, 0.1) is 39.5 Å². The first-order valence-electron chi connectivity index (χ1n) is 24.5. The number of carbonyl (C=O) groups excluding carboxylic acids is 6. The van der Waals surface area contributed by atoms with Gasteiger partial charge in [-0.05, 0) is 143 Å². The minimum Gasteiger partial charge on any atom is -0.456 e. The number of amides is 3. The molecule has 4 aromatic rings. The van der Waals surface area contributed by atoms with Gasteiger partial charge in [-0.1, -0.05) is 75.4 Å². The van der Waals surface area contributed by atoms with Crippen LogP contribution in [0.5, 0.6) is 0 Å². The number of aryl methyl sites for hydroxylation is 4. The number of nitrogens with one attached hydrogen (secondary N) is 1. The van der Waals surface area contributed by atoms with E-state index in [0.29, 0.717) is 113 Å². The van der Waals surface area contributed by atoms with Crippen molar-refractivity contribution in [3.8, 4) is 0 Å². The molecule has 1 fully saturated rings. The zero-order chi connectivity index (χ0) is 50.6. The standard InChI is InChI=1S/C57H71N3O10/c1-8-53(63)60(47-25-18-40(3)19-26-47)48-27-23-44(24-28-48)50(61)17-13-32-67-34-36-69-37-35-68-33-30-52(62)58-46-15-12-14-45(39-46)51(29-22-43-21-20-41(4)42(5)38-43)70-56(66)49-16-10-11-31-59(49)55(65)54(64)57(6,7)9-2/h8,12,14-15,18-21,23-28,38-39,49,51H,1,9-11,13,16-17,22,29-37H2,2-7H3,(H,58,62)/t49-,51+/m0/s1. The number of ether oxygens (including phenoxy) is 4. The number of rotatable bonds is 27. The van der Waals surface area contributed by atoms with Crippen LogP contribution in [0, 0.1) is 26.2 Å². The molecule has 0 saturated carbocycles. The molecule has 13 nitrogen and oxygen atoms in total. The van der Waals surface area contributed by atoms with E-state index in [1.165, 1.54) is 22.1 Å². The molecule has 1 aliphatic rings. The lowest BCUT2D eigenvalue weighted by molar-refractivity contribution is -0.164. The largest absolute Gasteiger partial charge is 0.456 e. The monoisotopic (exact) mass is 958 g/mol. The van der Waals surface area contributed by atoms with Crippen molar-refractivity contribution in [1.29, 1.82) is 0 Å². The Morgan fingerprint density at radius 3 is 2.10 bits per heavy atom. The fourth-order valence-corrected chi connectivity index (χ4v) is 7.98. The smallest absolute Gasteiger partial charge is 0.329 e. The van der Waals surface area contributed by atoms with Crippen LogP contribution in [0.2, 0.25) is 0 Å². The van der Waals surface area contributed by atoms with E-state index in [9.17, 15) is 28.8 Å². The van der Waals surface area contributed by atoms with Crippen molar-refractivity contribution in [2.24, 2.45) is 5.41 Å². The van der Waals surface area contributed by atoms with Crippen molar-refractivity contribution in [2.75, 3.05) is 56.4 Å². The number of hydrogen-bond acceptors (Lipinski definition) is 10. The van der Waals surface area contributed by atoms with Crippen LogP contribution in [0.15, 0.2) is 104 Å². The Kier molecular flexibility index (Phi) is 21.2. The van der Waals surface area contributed by atoms with E-state index >= 15 is 0 Å². The maximum absolute atomic E-state index is 14.0. The molecule has 1 aliphatic heterocycles. The number of benzene rings is 4. The van der Waals surface area contributed by atoms with Gasteiger partial charge in [-0.3, -0.25) is 28.9 Å². The summed E-state index contributed by atoms with van der Waals surface area (Å²) in [5.41, 5.74) is 6.85. The number of likely N-dealkylation sites (tertiary alicyclic amines) is 1. The Bertz CT molecular complexity index is 2410. The SMILES string of the molecule is C=CC(=O)N(c1ccc(C)cc1)c1ccc(C(=O)CCCOCCOCCOCCC(=O)Nc2cccc([C@@H](CCc3ccc(C)c(C)c3)OC(=O)[C@@H]3CCCCN3C(=O)C(=O)C(C)(C)CC)c2)cc1. The highest BCUT2D eigenvalue weighted by Crippen LogP contribution is 2.31. The van der Waals surface area contributed by atoms with Crippen LogP contribution in [-0.4, -0.2) is 92.4 Å². The molecule has 0 bridgehead atoms. The molecule has 0 aromatic heterocycles. The quantitative estimate of drug-likeness (QED) is 0.0201. The Morgan fingerprint density at radius 2 is 1.44 bits per heavy atom. The van der Waals surface area contributed by atoms with E-state index in [-0.39, 0.29) is 30.6 Å².